The van der Waals surface area contributed by atoms with Crippen LogP contribution in [0.2, 0.25) is 0 Å². The van der Waals surface area contributed by atoms with E-state index in [0.717, 1.165) is 19.5 Å². The lowest BCUT2D eigenvalue weighted by atomic mass is 10.1. The van der Waals surface area contributed by atoms with Crippen LogP contribution in [0.25, 0.3) is 0 Å². The van der Waals surface area contributed by atoms with Gasteiger partial charge >= 0.3 is 0 Å². The van der Waals surface area contributed by atoms with Gasteiger partial charge in [-0.25, -0.2) is 0 Å². The van der Waals surface area contributed by atoms with E-state index in [1.165, 1.54) is 11.3 Å². The summed E-state index contributed by atoms with van der Waals surface area (Å²) in [4.78, 5) is 16.2. The monoisotopic (exact) mass is 319 g/mol. The first kappa shape index (κ1) is 19.0. The van der Waals surface area contributed by atoms with Crippen LogP contribution >= 0.6 is 24.8 Å². The van der Waals surface area contributed by atoms with Gasteiger partial charge in [0.15, 0.2) is 0 Å². The molecule has 0 spiro atoms. The molecule has 0 bridgehead atoms. The lowest BCUT2D eigenvalue weighted by molar-refractivity contribution is -0.131. The maximum atomic E-state index is 12.1. The molecular weight excluding hydrogens is 297 g/mol. The molecule has 1 aliphatic rings. The number of carbonyl (C=O) groups is 1. The van der Waals surface area contributed by atoms with Gasteiger partial charge in [-0.1, -0.05) is 18.2 Å². The van der Waals surface area contributed by atoms with Gasteiger partial charge in [0.1, 0.15) is 0 Å². The molecule has 4 nitrogen and oxygen atoms in total. The number of amides is 1. The van der Waals surface area contributed by atoms with Crippen molar-refractivity contribution in [3.63, 3.8) is 0 Å². The number of rotatable bonds is 3. The molecule has 1 aromatic rings. The van der Waals surface area contributed by atoms with Crippen LogP contribution in [0.1, 0.15) is 18.4 Å². The second kappa shape index (κ2) is 9.06. The molecule has 1 aromatic carbocycles. The molecule has 1 aliphatic heterocycles. The summed E-state index contributed by atoms with van der Waals surface area (Å²) in [6.45, 7) is 2.96. The average molecular weight is 320 g/mol. The van der Waals surface area contributed by atoms with Crippen molar-refractivity contribution in [1.29, 1.82) is 0 Å². The summed E-state index contributed by atoms with van der Waals surface area (Å²) in [5.74, 6) is 0.213. The Morgan fingerprint density at radius 1 is 1.25 bits per heavy atom. The first-order valence-electron chi connectivity index (χ1n) is 6.49. The minimum absolute atomic E-state index is 0. The van der Waals surface area contributed by atoms with E-state index < -0.39 is 0 Å². The fourth-order valence-electron chi connectivity index (χ4n) is 2.32. The molecule has 20 heavy (non-hydrogen) atoms. The molecule has 2 N–H and O–H groups in total. The largest absolute Gasteiger partial charge is 0.373 e. The molecule has 0 unspecified atom stereocenters. The van der Waals surface area contributed by atoms with E-state index in [9.17, 15) is 4.79 Å². The first-order chi connectivity index (χ1) is 8.72. The van der Waals surface area contributed by atoms with Crippen molar-refractivity contribution in [3.05, 3.63) is 29.8 Å². The van der Waals surface area contributed by atoms with Crippen molar-refractivity contribution < 1.29 is 4.79 Å². The molecule has 6 heteroatoms. The van der Waals surface area contributed by atoms with Crippen LogP contribution in [-0.4, -0.2) is 37.5 Å². The predicted molar refractivity (Wildman–Crippen MR) is 87.9 cm³/mol. The Morgan fingerprint density at radius 3 is 2.65 bits per heavy atom. The van der Waals surface area contributed by atoms with E-state index in [-0.39, 0.29) is 30.7 Å². The molecule has 0 fully saturated rings. The Bertz CT molecular complexity index is 429. The van der Waals surface area contributed by atoms with Gasteiger partial charge in [-0.3, -0.25) is 4.79 Å². The molecule has 0 aromatic heterocycles. The number of para-hydroxylation sites is 1. The SMILES string of the molecule is CN1CCN(C(=O)CCCN)Cc2ccccc21.Cl.Cl. The summed E-state index contributed by atoms with van der Waals surface area (Å²) in [6, 6.07) is 8.28. The summed E-state index contributed by atoms with van der Waals surface area (Å²) in [7, 11) is 2.08. The number of likely N-dealkylation sites (N-methyl/N-ethyl adjacent to an activating group) is 1. The molecule has 2 rings (SSSR count). The number of hydrogen-bond donors (Lipinski definition) is 1. The highest BCUT2D eigenvalue weighted by Crippen LogP contribution is 2.23. The molecule has 1 heterocycles. The third-order valence-electron chi connectivity index (χ3n) is 3.42. The van der Waals surface area contributed by atoms with Crippen LogP contribution in [0.15, 0.2) is 24.3 Å². The minimum Gasteiger partial charge on any atom is -0.373 e. The van der Waals surface area contributed by atoms with Gasteiger partial charge in [0.2, 0.25) is 5.91 Å². The Balaban J connectivity index is 0.00000180. The number of fused-ring (bicyclic) bond motifs is 1. The highest BCUT2D eigenvalue weighted by atomic mass is 35.5. The van der Waals surface area contributed by atoms with Crippen molar-refractivity contribution in [1.82, 2.24) is 4.90 Å². The normalized spacial score (nSPS) is 13.7. The summed E-state index contributed by atoms with van der Waals surface area (Å²) < 4.78 is 0. The lowest BCUT2D eigenvalue weighted by Crippen LogP contribution is -2.34. The zero-order valence-electron chi connectivity index (χ0n) is 11.7. The van der Waals surface area contributed by atoms with Gasteiger partial charge in [0.25, 0.3) is 0 Å². The number of halogens is 2. The molecule has 0 aliphatic carbocycles. The Morgan fingerprint density at radius 2 is 1.95 bits per heavy atom. The molecular formula is C14H23Cl2N3O. The van der Waals surface area contributed by atoms with Gasteiger partial charge in [-0.15, -0.1) is 24.8 Å². The second-order valence-corrected chi connectivity index (χ2v) is 4.76. The molecule has 0 saturated carbocycles. The second-order valence-electron chi connectivity index (χ2n) is 4.76. The number of nitrogens with two attached hydrogens (primary N) is 1. The van der Waals surface area contributed by atoms with Crippen LogP contribution in [0.5, 0.6) is 0 Å². The van der Waals surface area contributed by atoms with Crippen LogP contribution < -0.4 is 10.6 Å². The molecule has 0 radical (unpaired) electrons. The number of carbonyl (C=O) groups excluding carboxylic acids is 1. The zero-order chi connectivity index (χ0) is 13.0. The topological polar surface area (TPSA) is 49.6 Å². The van der Waals surface area contributed by atoms with Gasteiger partial charge in [-0.05, 0) is 24.6 Å². The van der Waals surface area contributed by atoms with Crippen LogP contribution in [0, 0.1) is 0 Å². The highest BCUT2D eigenvalue weighted by molar-refractivity contribution is 5.85. The average Bonchev–Trinajstić information content (AvgIpc) is 2.56. The van der Waals surface area contributed by atoms with E-state index in [2.05, 4.69) is 24.1 Å². The summed E-state index contributed by atoms with van der Waals surface area (Å²) in [5, 5.41) is 0. The maximum Gasteiger partial charge on any atom is 0.222 e. The van der Waals surface area contributed by atoms with Crippen molar-refractivity contribution in [2.24, 2.45) is 5.73 Å². The molecule has 0 atom stereocenters. The Kier molecular flexibility index (Phi) is 8.62. The standard InChI is InChI=1S/C14H21N3O.2ClH/c1-16-9-10-17(14(18)7-4-8-15)11-12-5-2-3-6-13(12)16;;/h2-3,5-6H,4,7-11,15H2,1H3;2*1H. The van der Waals surface area contributed by atoms with Crippen LogP contribution in [0.4, 0.5) is 5.69 Å². The van der Waals surface area contributed by atoms with E-state index >= 15 is 0 Å². The number of nitrogens with zero attached hydrogens (tertiary/aromatic N) is 2. The fraction of sp³-hybridized carbons (Fsp3) is 0.500. The number of benzene rings is 1. The first-order valence-corrected chi connectivity index (χ1v) is 6.49. The smallest absolute Gasteiger partial charge is 0.222 e. The van der Waals surface area contributed by atoms with Crippen molar-refractivity contribution in [3.8, 4) is 0 Å². The lowest BCUT2D eigenvalue weighted by Gasteiger charge is -2.21. The van der Waals surface area contributed by atoms with Gasteiger partial charge < -0.3 is 15.5 Å². The number of anilines is 1. The van der Waals surface area contributed by atoms with Crippen molar-refractivity contribution >= 4 is 36.4 Å². The van der Waals surface area contributed by atoms with Crippen molar-refractivity contribution in [2.75, 3.05) is 31.6 Å². The quantitative estimate of drug-likeness (QED) is 0.927. The van der Waals surface area contributed by atoms with Gasteiger partial charge in [-0.2, -0.15) is 0 Å². The maximum absolute atomic E-state index is 12.1. The fourth-order valence-corrected chi connectivity index (χ4v) is 2.32. The third-order valence-corrected chi connectivity index (χ3v) is 3.42. The summed E-state index contributed by atoms with van der Waals surface area (Å²) >= 11 is 0. The molecule has 0 saturated heterocycles. The third kappa shape index (κ3) is 4.54. The Hall–Kier alpha value is -0.970. The predicted octanol–water partition coefficient (Wildman–Crippen LogP) is 2.05. The summed E-state index contributed by atoms with van der Waals surface area (Å²) in [5.41, 5.74) is 7.91. The van der Waals surface area contributed by atoms with E-state index in [1.54, 1.807) is 0 Å². The highest BCUT2D eigenvalue weighted by Gasteiger charge is 2.20. The molecule has 114 valence electrons. The zero-order valence-corrected chi connectivity index (χ0v) is 13.4. The van der Waals surface area contributed by atoms with Gasteiger partial charge in [0, 0.05) is 38.8 Å². The van der Waals surface area contributed by atoms with E-state index in [1.807, 2.05) is 17.0 Å². The minimum atomic E-state index is 0. The van der Waals surface area contributed by atoms with Crippen molar-refractivity contribution in [2.45, 2.75) is 19.4 Å². The van der Waals surface area contributed by atoms with Crippen LogP contribution in [-0.2, 0) is 11.3 Å². The summed E-state index contributed by atoms with van der Waals surface area (Å²) in [6.07, 6.45) is 1.33. The van der Waals surface area contributed by atoms with E-state index in [4.69, 9.17) is 5.73 Å². The van der Waals surface area contributed by atoms with Crippen LogP contribution in [0.3, 0.4) is 0 Å². The van der Waals surface area contributed by atoms with E-state index in [0.29, 0.717) is 19.5 Å². The number of hydrogen-bond acceptors (Lipinski definition) is 3. The molecule has 1 amide bonds. The Labute approximate surface area is 133 Å². The van der Waals surface area contributed by atoms with Gasteiger partial charge in [0.05, 0.1) is 0 Å².